The van der Waals surface area contributed by atoms with Gasteiger partial charge in [0.1, 0.15) is 0 Å². The van der Waals surface area contributed by atoms with Crippen LogP contribution in [0.5, 0.6) is 0 Å². The van der Waals surface area contributed by atoms with Crippen LogP contribution in [0.15, 0.2) is 24.3 Å². The number of para-hydroxylation sites is 1. The maximum atomic E-state index is 9.17. The fourth-order valence-electron chi connectivity index (χ4n) is 0.815. The topological polar surface area (TPSA) is 23.5 Å². The van der Waals surface area contributed by atoms with Crippen LogP contribution in [0.25, 0.3) is 0 Å². The second-order valence-electron chi connectivity index (χ2n) is 2.13. The van der Waals surface area contributed by atoms with Gasteiger partial charge in [-0.2, -0.15) is 4.47 Å². The normalized spacial score (nSPS) is 9.73. The highest BCUT2D eigenvalue weighted by Crippen LogP contribution is 2.25. The molecule has 0 aromatic heterocycles. The molecule has 11 heavy (non-hydrogen) atoms. The van der Waals surface area contributed by atoms with Crippen molar-refractivity contribution in [1.29, 1.82) is 0 Å². The maximum Gasteiger partial charge on any atom is 0.0882 e. The van der Waals surface area contributed by atoms with E-state index in [2.05, 4.69) is 0 Å². The lowest BCUT2D eigenvalue weighted by molar-refractivity contribution is 0.333. The summed E-state index contributed by atoms with van der Waals surface area (Å²) < 4.78 is 0.927. The number of hydrogen-bond acceptors (Lipinski definition) is 3. The molecule has 1 rings (SSSR count). The molecule has 0 unspecified atom stereocenters. The molecule has 0 aliphatic heterocycles. The molecule has 60 valence electrons. The molecular weight excluding hydrogens is 182 g/mol. The second-order valence-corrected chi connectivity index (χ2v) is 3.03. The molecule has 0 spiro atoms. The van der Waals surface area contributed by atoms with Crippen molar-refractivity contribution in [1.82, 2.24) is 0 Å². The van der Waals surface area contributed by atoms with Gasteiger partial charge in [-0.1, -0.05) is 18.2 Å². The highest BCUT2D eigenvalue weighted by atomic mass is 35.7. The maximum absolute atomic E-state index is 9.17. The predicted octanol–water partition coefficient (Wildman–Crippen LogP) is 2.99. The highest BCUT2D eigenvalue weighted by molar-refractivity contribution is 8.21. The van der Waals surface area contributed by atoms with E-state index < -0.39 is 0 Å². The first kappa shape index (κ1) is 8.71. The third-order valence-electron chi connectivity index (χ3n) is 1.39. The van der Waals surface area contributed by atoms with Crippen LogP contribution >= 0.6 is 21.8 Å². The Morgan fingerprint density at radius 2 is 2.09 bits per heavy atom. The Labute approximate surface area is 74.4 Å². The van der Waals surface area contributed by atoms with E-state index in [1.807, 2.05) is 25.1 Å². The first-order chi connectivity index (χ1) is 5.25. The molecular formula is C7H8ClNOS. The summed E-state index contributed by atoms with van der Waals surface area (Å²) in [5, 5.41) is 9.17. The molecule has 0 bridgehead atoms. The molecule has 0 saturated heterocycles. The van der Waals surface area contributed by atoms with Gasteiger partial charge in [-0.05, 0) is 29.2 Å². The van der Waals surface area contributed by atoms with E-state index in [1.54, 1.807) is 6.07 Å². The molecule has 1 N–H and O–H groups in total. The Kier molecular flexibility index (Phi) is 3.05. The van der Waals surface area contributed by atoms with Crippen LogP contribution in [0.3, 0.4) is 0 Å². The zero-order valence-electron chi connectivity index (χ0n) is 5.99. The van der Waals surface area contributed by atoms with Crippen molar-refractivity contribution in [2.75, 3.05) is 4.47 Å². The van der Waals surface area contributed by atoms with Crippen molar-refractivity contribution in [3.05, 3.63) is 29.8 Å². The Bertz CT molecular complexity index is 244. The van der Waals surface area contributed by atoms with E-state index in [4.69, 9.17) is 10.7 Å². The summed E-state index contributed by atoms with van der Waals surface area (Å²) >= 11 is 0.753. The van der Waals surface area contributed by atoms with Crippen LogP contribution in [0.4, 0.5) is 5.69 Å². The minimum absolute atomic E-state index is 0.715. The molecule has 0 aliphatic rings. The Hall–Kier alpha value is -0.380. The van der Waals surface area contributed by atoms with Gasteiger partial charge in [-0.3, -0.25) is 5.21 Å². The van der Waals surface area contributed by atoms with Gasteiger partial charge in [0, 0.05) is 0 Å². The molecule has 0 atom stereocenters. The van der Waals surface area contributed by atoms with Crippen LogP contribution in [0.2, 0.25) is 0 Å². The third kappa shape index (κ3) is 2.02. The molecule has 0 radical (unpaired) electrons. The van der Waals surface area contributed by atoms with Crippen LogP contribution < -0.4 is 4.47 Å². The van der Waals surface area contributed by atoms with Crippen molar-refractivity contribution in [3.63, 3.8) is 0 Å². The molecule has 1 aromatic rings. The van der Waals surface area contributed by atoms with Crippen LogP contribution in [-0.4, -0.2) is 5.21 Å². The van der Waals surface area contributed by atoms with E-state index in [0.29, 0.717) is 5.69 Å². The first-order valence-corrected chi connectivity index (χ1v) is 4.69. The number of benzene rings is 1. The summed E-state index contributed by atoms with van der Waals surface area (Å²) in [6.45, 7) is 1.91. The summed E-state index contributed by atoms with van der Waals surface area (Å²) in [5.74, 6) is 0. The predicted molar refractivity (Wildman–Crippen MR) is 48.9 cm³/mol. The first-order valence-electron chi connectivity index (χ1n) is 3.09. The molecule has 0 heterocycles. The summed E-state index contributed by atoms with van der Waals surface area (Å²) in [5.41, 5.74) is 1.70. The summed E-state index contributed by atoms with van der Waals surface area (Å²) in [6, 6.07) is 7.46. The molecule has 1 aromatic carbocycles. The summed E-state index contributed by atoms with van der Waals surface area (Å²) in [7, 11) is 5.35. The standard InChI is InChI=1S/C7H8ClNOS/c1-6-4-2-3-5-7(6)9(10)11-8/h2-5,10H,1H3. The Morgan fingerprint density at radius 3 is 2.64 bits per heavy atom. The number of aryl methyl sites for hydroxylation is 1. The van der Waals surface area contributed by atoms with E-state index in [1.165, 1.54) is 0 Å². The summed E-state index contributed by atoms with van der Waals surface area (Å²) in [6.07, 6.45) is 0. The quantitative estimate of drug-likeness (QED) is 0.572. The van der Waals surface area contributed by atoms with Gasteiger partial charge in [0.15, 0.2) is 0 Å². The van der Waals surface area contributed by atoms with Gasteiger partial charge >= 0.3 is 0 Å². The van der Waals surface area contributed by atoms with E-state index in [0.717, 1.165) is 21.2 Å². The number of halogens is 1. The van der Waals surface area contributed by atoms with Crippen molar-refractivity contribution in [3.8, 4) is 0 Å². The lowest BCUT2D eigenvalue weighted by Gasteiger charge is -2.12. The third-order valence-corrected chi connectivity index (χ3v) is 2.11. The van der Waals surface area contributed by atoms with E-state index in [-0.39, 0.29) is 0 Å². The zero-order chi connectivity index (χ0) is 8.27. The highest BCUT2D eigenvalue weighted by Gasteiger charge is 2.03. The monoisotopic (exact) mass is 189 g/mol. The second kappa shape index (κ2) is 3.85. The van der Waals surface area contributed by atoms with Gasteiger partial charge in [-0.15, -0.1) is 0 Å². The minimum Gasteiger partial charge on any atom is -0.276 e. The van der Waals surface area contributed by atoms with E-state index in [9.17, 15) is 5.21 Å². The van der Waals surface area contributed by atoms with Crippen LogP contribution in [0, 0.1) is 6.92 Å². The molecule has 0 saturated carbocycles. The number of hydrogen-bond donors (Lipinski definition) is 1. The molecule has 4 heteroatoms. The average molecular weight is 190 g/mol. The van der Waals surface area contributed by atoms with Crippen molar-refractivity contribution < 1.29 is 5.21 Å². The van der Waals surface area contributed by atoms with Crippen molar-refractivity contribution >= 4 is 27.5 Å². The molecule has 0 amide bonds. The SMILES string of the molecule is Cc1ccccc1N(O)SCl. The summed E-state index contributed by atoms with van der Waals surface area (Å²) in [4.78, 5) is 0. The smallest absolute Gasteiger partial charge is 0.0882 e. The molecule has 0 aliphatic carbocycles. The largest absolute Gasteiger partial charge is 0.276 e. The fourth-order valence-corrected chi connectivity index (χ4v) is 1.32. The lowest BCUT2D eigenvalue weighted by atomic mass is 10.2. The molecule has 2 nitrogen and oxygen atoms in total. The number of rotatable bonds is 2. The van der Waals surface area contributed by atoms with Crippen molar-refractivity contribution in [2.24, 2.45) is 0 Å². The number of anilines is 1. The van der Waals surface area contributed by atoms with Gasteiger partial charge in [0.25, 0.3) is 0 Å². The van der Waals surface area contributed by atoms with E-state index >= 15 is 0 Å². The lowest BCUT2D eigenvalue weighted by Crippen LogP contribution is -2.05. The van der Waals surface area contributed by atoms with Crippen molar-refractivity contribution in [2.45, 2.75) is 6.92 Å². The van der Waals surface area contributed by atoms with Gasteiger partial charge in [0.05, 0.1) is 16.8 Å². The average Bonchev–Trinajstić information content (AvgIpc) is 2.04. The molecule has 0 fully saturated rings. The van der Waals surface area contributed by atoms with Gasteiger partial charge < -0.3 is 0 Å². The zero-order valence-corrected chi connectivity index (χ0v) is 7.56. The number of nitrogens with zero attached hydrogens (tertiary/aromatic N) is 1. The fraction of sp³-hybridized carbons (Fsp3) is 0.143. The Morgan fingerprint density at radius 1 is 1.45 bits per heavy atom. The minimum atomic E-state index is 0.715. The van der Waals surface area contributed by atoms with Gasteiger partial charge in [-0.25, -0.2) is 0 Å². The van der Waals surface area contributed by atoms with Gasteiger partial charge in [0.2, 0.25) is 0 Å². The van der Waals surface area contributed by atoms with Crippen LogP contribution in [-0.2, 0) is 0 Å². The van der Waals surface area contributed by atoms with Crippen LogP contribution in [0.1, 0.15) is 5.56 Å². The Balaban J connectivity index is 2.93.